The molecule has 0 fully saturated rings. The lowest BCUT2D eigenvalue weighted by molar-refractivity contribution is -0.384. The predicted molar refractivity (Wildman–Crippen MR) is 110 cm³/mol. The van der Waals surface area contributed by atoms with Crippen LogP contribution in [0.1, 0.15) is 36.2 Å². The molecule has 0 saturated heterocycles. The van der Waals surface area contributed by atoms with Gasteiger partial charge in [-0.3, -0.25) is 19.8 Å². The van der Waals surface area contributed by atoms with Gasteiger partial charge in [0.05, 0.1) is 28.1 Å². The highest BCUT2D eigenvalue weighted by Crippen LogP contribution is 2.39. The van der Waals surface area contributed by atoms with Gasteiger partial charge in [-0.1, -0.05) is 12.1 Å². The first kappa shape index (κ1) is 18.7. The number of aromatic hydroxyl groups is 1. The van der Waals surface area contributed by atoms with Crippen LogP contribution < -0.4 is 5.01 Å². The van der Waals surface area contributed by atoms with Gasteiger partial charge in [-0.05, 0) is 38.1 Å². The van der Waals surface area contributed by atoms with E-state index in [1.807, 2.05) is 41.9 Å². The number of nitrogens with zero attached hydrogens (tertiary/aromatic N) is 5. The molecule has 2 heterocycles. The predicted octanol–water partition coefficient (Wildman–Crippen LogP) is 4.18. The van der Waals surface area contributed by atoms with Crippen molar-refractivity contribution in [3.8, 4) is 5.75 Å². The third kappa shape index (κ3) is 3.44. The number of aryl methyl sites for hydroxylation is 2. The first-order valence-electron chi connectivity index (χ1n) is 9.41. The van der Waals surface area contributed by atoms with Crippen LogP contribution in [0.25, 0.3) is 0 Å². The van der Waals surface area contributed by atoms with E-state index in [2.05, 4.69) is 5.10 Å². The number of hydrazone groups is 1. The van der Waals surface area contributed by atoms with Gasteiger partial charge in [0.15, 0.2) is 0 Å². The summed E-state index contributed by atoms with van der Waals surface area (Å²) in [7, 11) is 0. The standard InChI is InChI=1S/C21H21N5O3/c1-3-24-13-18(14(2)22-24)20-12-19(17-6-4-5-7-21(17)27)23-25(20)15-8-10-16(11-9-15)26(28)29/h4-11,13,20,27H,3,12H2,1-2H3/t20-/m0/s1. The Morgan fingerprint density at radius 2 is 1.93 bits per heavy atom. The molecular weight excluding hydrogens is 370 g/mol. The van der Waals surface area contributed by atoms with Crippen molar-refractivity contribution in [3.63, 3.8) is 0 Å². The summed E-state index contributed by atoms with van der Waals surface area (Å²) >= 11 is 0. The van der Waals surface area contributed by atoms with Crippen molar-refractivity contribution in [1.29, 1.82) is 0 Å². The molecule has 0 radical (unpaired) electrons. The normalized spacial score (nSPS) is 16.1. The quantitative estimate of drug-likeness (QED) is 0.520. The maximum atomic E-state index is 11.0. The van der Waals surface area contributed by atoms with E-state index in [0.29, 0.717) is 12.0 Å². The lowest BCUT2D eigenvalue weighted by atomic mass is 9.98. The SMILES string of the molecule is CCn1cc([C@@H]2CC(c3ccccc3O)=NN2c2ccc([N+](=O)[O-])cc2)c(C)n1. The van der Waals surface area contributed by atoms with E-state index in [4.69, 9.17) is 5.10 Å². The molecule has 2 aromatic carbocycles. The van der Waals surface area contributed by atoms with Gasteiger partial charge in [-0.25, -0.2) is 0 Å². The highest BCUT2D eigenvalue weighted by Gasteiger charge is 2.33. The minimum absolute atomic E-state index is 0.0318. The second kappa shape index (κ2) is 7.38. The highest BCUT2D eigenvalue weighted by molar-refractivity contribution is 6.05. The van der Waals surface area contributed by atoms with Gasteiger partial charge in [0.25, 0.3) is 5.69 Å². The van der Waals surface area contributed by atoms with E-state index >= 15 is 0 Å². The third-order valence-corrected chi connectivity index (χ3v) is 5.12. The van der Waals surface area contributed by atoms with E-state index < -0.39 is 4.92 Å². The fraction of sp³-hybridized carbons (Fsp3) is 0.238. The molecule has 1 aliphatic heterocycles. The minimum Gasteiger partial charge on any atom is -0.507 e. The average Bonchev–Trinajstić information content (AvgIpc) is 3.31. The van der Waals surface area contributed by atoms with Crippen LogP contribution in [-0.4, -0.2) is 25.5 Å². The maximum Gasteiger partial charge on any atom is 0.269 e. The van der Waals surface area contributed by atoms with E-state index in [0.717, 1.165) is 29.2 Å². The van der Waals surface area contributed by atoms with Crippen LogP contribution in [0.2, 0.25) is 0 Å². The molecule has 8 heteroatoms. The number of aromatic nitrogens is 2. The van der Waals surface area contributed by atoms with Crippen molar-refractivity contribution in [2.24, 2.45) is 5.10 Å². The molecule has 148 valence electrons. The molecule has 8 nitrogen and oxygen atoms in total. The van der Waals surface area contributed by atoms with Crippen molar-refractivity contribution in [1.82, 2.24) is 9.78 Å². The Kier molecular flexibility index (Phi) is 4.75. The molecule has 1 aromatic heterocycles. The number of benzene rings is 2. The number of hydrogen-bond acceptors (Lipinski definition) is 6. The molecule has 29 heavy (non-hydrogen) atoms. The summed E-state index contributed by atoms with van der Waals surface area (Å²) in [6, 6.07) is 13.3. The highest BCUT2D eigenvalue weighted by atomic mass is 16.6. The zero-order valence-corrected chi connectivity index (χ0v) is 16.2. The van der Waals surface area contributed by atoms with Crippen LogP contribution in [0.4, 0.5) is 11.4 Å². The Balaban J connectivity index is 1.78. The van der Waals surface area contributed by atoms with Gasteiger partial charge in [-0.15, -0.1) is 0 Å². The van der Waals surface area contributed by atoms with Gasteiger partial charge >= 0.3 is 0 Å². The molecule has 1 N–H and O–H groups in total. The van der Waals surface area contributed by atoms with Crippen molar-refractivity contribution < 1.29 is 10.0 Å². The van der Waals surface area contributed by atoms with Crippen molar-refractivity contribution >= 4 is 17.1 Å². The average molecular weight is 391 g/mol. The Labute approximate surface area is 167 Å². The maximum absolute atomic E-state index is 11.0. The van der Waals surface area contributed by atoms with E-state index in [1.165, 1.54) is 12.1 Å². The fourth-order valence-corrected chi connectivity index (χ4v) is 3.62. The summed E-state index contributed by atoms with van der Waals surface area (Å²) in [6.07, 6.45) is 2.60. The Morgan fingerprint density at radius 1 is 1.21 bits per heavy atom. The summed E-state index contributed by atoms with van der Waals surface area (Å²) in [5, 5.41) is 32.5. The van der Waals surface area contributed by atoms with Crippen LogP contribution in [0.5, 0.6) is 5.75 Å². The summed E-state index contributed by atoms with van der Waals surface area (Å²) in [5.74, 6) is 0.177. The molecule has 3 aromatic rings. The van der Waals surface area contributed by atoms with E-state index in [1.54, 1.807) is 24.3 Å². The van der Waals surface area contributed by atoms with Gasteiger partial charge in [0.1, 0.15) is 5.75 Å². The number of phenolic OH excluding ortho intramolecular Hbond substituents is 1. The number of anilines is 1. The smallest absolute Gasteiger partial charge is 0.269 e. The molecule has 0 aliphatic carbocycles. The van der Waals surface area contributed by atoms with Gasteiger partial charge in [-0.2, -0.15) is 10.2 Å². The number of rotatable bonds is 5. The first-order chi connectivity index (χ1) is 14.0. The van der Waals surface area contributed by atoms with Gasteiger partial charge < -0.3 is 5.11 Å². The number of nitro benzene ring substituents is 1. The number of nitro groups is 1. The van der Waals surface area contributed by atoms with Crippen LogP contribution in [-0.2, 0) is 6.54 Å². The van der Waals surface area contributed by atoms with Crippen LogP contribution in [0.15, 0.2) is 59.8 Å². The number of phenols is 1. The third-order valence-electron chi connectivity index (χ3n) is 5.12. The Bertz CT molecular complexity index is 1090. The molecule has 4 rings (SSSR count). The van der Waals surface area contributed by atoms with Crippen LogP contribution >= 0.6 is 0 Å². The van der Waals surface area contributed by atoms with Gasteiger partial charge in [0, 0.05) is 42.4 Å². The molecular formula is C21H21N5O3. The second-order valence-corrected chi connectivity index (χ2v) is 6.93. The molecule has 0 bridgehead atoms. The zero-order valence-electron chi connectivity index (χ0n) is 16.2. The summed E-state index contributed by atoms with van der Waals surface area (Å²) in [4.78, 5) is 10.6. The Morgan fingerprint density at radius 3 is 2.55 bits per heavy atom. The molecule has 0 amide bonds. The van der Waals surface area contributed by atoms with Gasteiger partial charge in [0.2, 0.25) is 0 Å². The first-order valence-corrected chi connectivity index (χ1v) is 9.41. The van der Waals surface area contributed by atoms with Crippen molar-refractivity contribution in [2.75, 3.05) is 5.01 Å². The summed E-state index contributed by atoms with van der Waals surface area (Å²) < 4.78 is 1.89. The monoisotopic (exact) mass is 391 g/mol. The van der Waals surface area contributed by atoms with Crippen LogP contribution in [0.3, 0.4) is 0 Å². The minimum atomic E-state index is -0.419. The lowest BCUT2D eigenvalue weighted by Crippen LogP contribution is -2.18. The van der Waals surface area contributed by atoms with Crippen molar-refractivity contribution in [3.05, 3.63) is 81.7 Å². The molecule has 1 aliphatic rings. The number of non-ortho nitro benzene ring substituents is 1. The molecule has 0 saturated carbocycles. The summed E-state index contributed by atoms with van der Waals surface area (Å²) in [6.45, 7) is 4.76. The molecule has 0 unspecified atom stereocenters. The largest absolute Gasteiger partial charge is 0.507 e. The Hall–Kier alpha value is -3.68. The topological polar surface area (TPSA) is 96.8 Å². The number of para-hydroxylation sites is 1. The van der Waals surface area contributed by atoms with Crippen LogP contribution in [0, 0.1) is 17.0 Å². The zero-order chi connectivity index (χ0) is 20.5. The molecule has 1 atom stereocenters. The summed E-state index contributed by atoms with van der Waals surface area (Å²) in [5.41, 5.74) is 4.17. The number of hydrogen-bond donors (Lipinski definition) is 1. The fourth-order valence-electron chi connectivity index (χ4n) is 3.62. The second-order valence-electron chi connectivity index (χ2n) is 6.93. The van der Waals surface area contributed by atoms with E-state index in [9.17, 15) is 15.2 Å². The van der Waals surface area contributed by atoms with Crippen molar-refractivity contribution in [2.45, 2.75) is 32.9 Å². The van der Waals surface area contributed by atoms with E-state index in [-0.39, 0.29) is 17.5 Å². The lowest BCUT2D eigenvalue weighted by Gasteiger charge is -2.23. The molecule has 0 spiro atoms.